The van der Waals surface area contributed by atoms with Gasteiger partial charge in [-0.1, -0.05) is 15.9 Å². The number of pyridine rings is 1. The lowest BCUT2D eigenvalue weighted by Crippen LogP contribution is -1.99. The van der Waals surface area contributed by atoms with Gasteiger partial charge in [0, 0.05) is 15.7 Å². The lowest BCUT2D eigenvalue weighted by molar-refractivity contribution is 0.455. The molecule has 0 atom stereocenters. The number of benzene rings is 1. The lowest BCUT2D eigenvalue weighted by atomic mass is 10.1. The first-order chi connectivity index (χ1) is 9.42. The number of nitrogens with zero attached hydrogens (tertiary/aromatic N) is 1. The molecule has 0 radical (unpaired) electrons. The van der Waals surface area contributed by atoms with E-state index < -0.39 is 0 Å². The van der Waals surface area contributed by atoms with E-state index in [1.54, 1.807) is 0 Å². The summed E-state index contributed by atoms with van der Waals surface area (Å²) in [6, 6.07) is 6.01. The van der Waals surface area contributed by atoms with Gasteiger partial charge in [-0.15, -0.1) is 11.6 Å². The monoisotopic (exact) mass is 353 g/mol. The smallest absolute Gasteiger partial charge is 0.224 e. The third-order valence-electron chi connectivity index (χ3n) is 3.20. The highest BCUT2D eigenvalue weighted by atomic mass is 79.9. The molecular weight excluding hydrogens is 338 g/mol. The van der Waals surface area contributed by atoms with Gasteiger partial charge in [0.15, 0.2) is 0 Å². The molecule has 0 aliphatic carbocycles. The summed E-state index contributed by atoms with van der Waals surface area (Å²) < 4.78 is 7.07. The normalized spacial score (nSPS) is 10.7. The maximum absolute atomic E-state index is 6.02. The Hall–Kier alpha value is -1.06. The third-order valence-corrected chi connectivity index (χ3v) is 4.71. The number of aryl methyl sites for hydroxylation is 4. The van der Waals surface area contributed by atoms with E-state index in [1.807, 2.05) is 45.9 Å². The quantitative estimate of drug-likeness (QED) is 0.668. The van der Waals surface area contributed by atoms with Gasteiger partial charge in [-0.25, -0.2) is 4.98 Å². The SMILES string of the molecule is Cc1cc(C)c(CCl)c(Oc2cc(C)c(Br)c(C)c2)n1. The molecule has 0 saturated carbocycles. The van der Waals surface area contributed by atoms with Crippen LogP contribution >= 0.6 is 27.5 Å². The second-order valence-corrected chi connectivity index (χ2v) is 6.03. The fraction of sp³-hybridized carbons (Fsp3) is 0.312. The van der Waals surface area contributed by atoms with Crippen LogP contribution in [-0.4, -0.2) is 4.98 Å². The molecule has 0 saturated heterocycles. The van der Waals surface area contributed by atoms with Crippen molar-refractivity contribution in [2.75, 3.05) is 0 Å². The van der Waals surface area contributed by atoms with Gasteiger partial charge in [0.1, 0.15) is 5.75 Å². The zero-order valence-corrected chi connectivity index (χ0v) is 14.4. The van der Waals surface area contributed by atoms with E-state index in [0.29, 0.717) is 11.8 Å². The zero-order valence-electron chi connectivity index (χ0n) is 12.1. The maximum Gasteiger partial charge on any atom is 0.224 e. The second kappa shape index (κ2) is 6.15. The van der Waals surface area contributed by atoms with Gasteiger partial charge in [-0.2, -0.15) is 0 Å². The topological polar surface area (TPSA) is 22.1 Å². The molecule has 1 aromatic carbocycles. The summed E-state index contributed by atoms with van der Waals surface area (Å²) in [5, 5.41) is 0. The molecular formula is C16H17BrClNO. The van der Waals surface area contributed by atoms with Crippen LogP contribution in [0.5, 0.6) is 11.6 Å². The van der Waals surface area contributed by atoms with E-state index in [0.717, 1.165) is 38.2 Å². The van der Waals surface area contributed by atoms with Crippen molar-refractivity contribution < 1.29 is 4.74 Å². The van der Waals surface area contributed by atoms with Gasteiger partial charge in [0.25, 0.3) is 0 Å². The predicted molar refractivity (Wildman–Crippen MR) is 87.0 cm³/mol. The molecule has 106 valence electrons. The molecule has 2 rings (SSSR count). The van der Waals surface area contributed by atoms with E-state index in [-0.39, 0.29) is 0 Å². The van der Waals surface area contributed by atoms with Crippen molar-refractivity contribution in [2.24, 2.45) is 0 Å². The standard InChI is InChI=1S/C16H17BrClNO/c1-9-5-12(4)19-16(14(9)8-18)20-13-6-10(2)15(17)11(3)7-13/h5-7H,8H2,1-4H3. The van der Waals surface area contributed by atoms with Gasteiger partial charge in [0.2, 0.25) is 5.88 Å². The Labute approximate surface area is 133 Å². The number of halogens is 2. The number of alkyl halides is 1. The number of hydrogen-bond donors (Lipinski definition) is 0. The minimum Gasteiger partial charge on any atom is -0.439 e. The summed E-state index contributed by atoms with van der Waals surface area (Å²) in [5.74, 6) is 1.77. The first-order valence-electron chi connectivity index (χ1n) is 6.40. The minimum atomic E-state index is 0.392. The van der Waals surface area contributed by atoms with Gasteiger partial charge < -0.3 is 4.74 Å². The highest BCUT2D eigenvalue weighted by Crippen LogP contribution is 2.31. The van der Waals surface area contributed by atoms with E-state index in [1.165, 1.54) is 0 Å². The van der Waals surface area contributed by atoms with Crippen LogP contribution in [0.4, 0.5) is 0 Å². The molecule has 0 bridgehead atoms. The summed E-state index contributed by atoms with van der Waals surface area (Å²) in [6.45, 7) is 8.07. The molecule has 0 aliphatic rings. The Morgan fingerprint density at radius 1 is 1.05 bits per heavy atom. The van der Waals surface area contributed by atoms with Crippen molar-refractivity contribution in [2.45, 2.75) is 33.6 Å². The summed E-state index contributed by atoms with van der Waals surface area (Å²) in [7, 11) is 0. The zero-order chi connectivity index (χ0) is 14.9. The van der Waals surface area contributed by atoms with Crippen LogP contribution in [0.1, 0.15) is 27.9 Å². The Morgan fingerprint density at radius 3 is 2.20 bits per heavy atom. The van der Waals surface area contributed by atoms with Crippen molar-refractivity contribution >= 4 is 27.5 Å². The molecule has 0 N–H and O–H groups in total. The fourth-order valence-electron chi connectivity index (χ4n) is 2.15. The average molecular weight is 355 g/mol. The molecule has 0 spiro atoms. The van der Waals surface area contributed by atoms with E-state index in [2.05, 4.69) is 20.9 Å². The van der Waals surface area contributed by atoms with Crippen molar-refractivity contribution in [3.05, 3.63) is 50.6 Å². The fourth-order valence-corrected chi connectivity index (χ4v) is 2.71. The lowest BCUT2D eigenvalue weighted by Gasteiger charge is -2.13. The molecule has 4 heteroatoms. The number of ether oxygens (including phenoxy) is 1. The van der Waals surface area contributed by atoms with Crippen molar-refractivity contribution in [3.63, 3.8) is 0 Å². The van der Waals surface area contributed by atoms with Crippen LogP contribution in [-0.2, 0) is 5.88 Å². The largest absolute Gasteiger partial charge is 0.439 e. The predicted octanol–water partition coefficient (Wildman–Crippen LogP) is 5.61. The molecule has 1 aromatic heterocycles. The van der Waals surface area contributed by atoms with Crippen LogP contribution in [0.3, 0.4) is 0 Å². The second-order valence-electron chi connectivity index (χ2n) is 4.97. The van der Waals surface area contributed by atoms with E-state index >= 15 is 0 Å². The summed E-state index contributed by atoms with van der Waals surface area (Å²) in [4.78, 5) is 4.46. The Bertz CT molecular complexity index is 632. The van der Waals surface area contributed by atoms with Crippen LogP contribution < -0.4 is 4.74 Å². The first-order valence-corrected chi connectivity index (χ1v) is 7.72. The van der Waals surface area contributed by atoms with Gasteiger partial charge >= 0.3 is 0 Å². The van der Waals surface area contributed by atoms with Crippen LogP contribution in [0.15, 0.2) is 22.7 Å². The average Bonchev–Trinajstić information content (AvgIpc) is 2.35. The minimum absolute atomic E-state index is 0.392. The highest BCUT2D eigenvalue weighted by Gasteiger charge is 2.11. The first kappa shape index (κ1) is 15.3. The molecule has 2 aromatic rings. The van der Waals surface area contributed by atoms with Crippen LogP contribution in [0, 0.1) is 27.7 Å². The van der Waals surface area contributed by atoms with E-state index in [9.17, 15) is 0 Å². The number of hydrogen-bond acceptors (Lipinski definition) is 2. The van der Waals surface area contributed by atoms with Gasteiger partial charge in [-0.3, -0.25) is 0 Å². The third kappa shape index (κ3) is 3.15. The molecule has 20 heavy (non-hydrogen) atoms. The Kier molecular flexibility index (Phi) is 4.71. The summed E-state index contributed by atoms with van der Waals surface area (Å²) >= 11 is 9.57. The number of aromatic nitrogens is 1. The molecule has 0 fully saturated rings. The summed E-state index contributed by atoms with van der Waals surface area (Å²) in [5.41, 5.74) is 5.24. The molecule has 0 unspecified atom stereocenters. The van der Waals surface area contributed by atoms with Crippen LogP contribution in [0.2, 0.25) is 0 Å². The summed E-state index contributed by atoms with van der Waals surface area (Å²) in [6.07, 6.45) is 0. The highest BCUT2D eigenvalue weighted by molar-refractivity contribution is 9.10. The molecule has 0 aliphatic heterocycles. The van der Waals surface area contributed by atoms with Crippen molar-refractivity contribution in [1.82, 2.24) is 4.98 Å². The van der Waals surface area contributed by atoms with E-state index in [4.69, 9.17) is 16.3 Å². The van der Waals surface area contributed by atoms with Crippen LogP contribution in [0.25, 0.3) is 0 Å². The molecule has 2 nitrogen and oxygen atoms in total. The van der Waals surface area contributed by atoms with Gasteiger partial charge in [0.05, 0.1) is 5.88 Å². The molecule has 1 heterocycles. The van der Waals surface area contributed by atoms with Crippen molar-refractivity contribution in [1.29, 1.82) is 0 Å². The Morgan fingerprint density at radius 2 is 1.65 bits per heavy atom. The molecule has 0 amide bonds. The van der Waals surface area contributed by atoms with Gasteiger partial charge in [-0.05, 0) is 62.6 Å². The number of rotatable bonds is 3. The van der Waals surface area contributed by atoms with Crippen molar-refractivity contribution in [3.8, 4) is 11.6 Å². The Balaban J connectivity index is 2.44. The maximum atomic E-state index is 6.02.